The van der Waals surface area contributed by atoms with Gasteiger partial charge in [-0.05, 0) is 20.0 Å². The molecule has 3 nitrogen and oxygen atoms in total. The van der Waals surface area contributed by atoms with Crippen molar-refractivity contribution in [3.8, 4) is 11.8 Å². The Hall–Kier alpha value is -1.60. The Kier molecular flexibility index (Phi) is 4.92. The van der Waals surface area contributed by atoms with Crippen LogP contribution >= 0.6 is 0 Å². The first-order valence-corrected chi connectivity index (χ1v) is 5.48. The normalized spacial score (nSPS) is 12.2. The number of benzene rings is 1. The van der Waals surface area contributed by atoms with Crippen molar-refractivity contribution in [2.45, 2.75) is 25.9 Å². The molecule has 0 fully saturated rings. The van der Waals surface area contributed by atoms with Crippen LogP contribution in [0.25, 0.3) is 0 Å². The minimum atomic E-state index is -0.328. The molecule has 4 heteroatoms. The van der Waals surface area contributed by atoms with Gasteiger partial charge in [0.05, 0.1) is 19.6 Å². The van der Waals surface area contributed by atoms with Crippen LogP contribution in [0.3, 0.4) is 0 Å². The van der Waals surface area contributed by atoms with E-state index in [2.05, 4.69) is 6.07 Å². The Labute approximate surface area is 101 Å². The van der Waals surface area contributed by atoms with E-state index in [1.807, 2.05) is 18.9 Å². The van der Waals surface area contributed by atoms with Crippen LogP contribution in [0.1, 0.15) is 18.9 Å². The number of hydrogen-bond donors (Lipinski definition) is 0. The molecule has 0 aliphatic carbocycles. The van der Waals surface area contributed by atoms with Gasteiger partial charge in [0, 0.05) is 18.2 Å². The van der Waals surface area contributed by atoms with E-state index in [0.717, 1.165) is 0 Å². The zero-order valence-electron chi connectivity index (χ0n) is 10.4. The minimum absolute atomic E-state index is 0.102. The zero-order valence-corrected chi connectivity index (χ0v) is 10.4. The highest BCUT2D eigenvalue weighted by atomic mass is 19.1. The summed E-state index contributed by atoms with van der Waals surface area (Å²) in [6.07, 6.45) is 0.433. The van der Waals surface area contributed by atoms with E-state index in [-0.39, 0.29) is 17.6 Å². The smallest absolute Gasteiger partial charge is 0.169 e. The molecule has 17 heavy (non-hydrogen) atoms. The van der Waals surface area contributed by atoms with Crippen molar-refractivity contribution in [2.75, 3.05) is 14.2 Å². The predicted octanol–water partition coefficient (Wildman–Crippen LogP) is 2.57. The van der Waals surface area contributed by atoms with Crippen LogP contribution in [-0.4, -0.2) is 25.1 Å². The van der Waals surface area contributed by atoms with Crippen molar-refractivity contribution >= 4 is 0 Å². The second kappa shape index (κ2) is 6.21. The van der Waals surface area contributed by atoms with Crippen LogP contribution in [0, 0.1) is 17.1 Å². The van der Waals surface area contributed by atoms with Gasteiger partial charge in [0.2, 0.25) is 0 Å². The van der Waals surface area contributed by atoms with Crippen molar-refractivity contribution in [3.63, 3.8) is 0 Å². The molecule has 1 rings (SSSR count). The van der Waals surface area contributed by atoms with Crippen LogP contribution in [0.2, 0.25) is 0 Å². The lowest BCUT2D eigenvalue weighted by molar-refractivity contribution is 0.248. The van der Waals surface area contributed by atoms with E-state index in [4.69, 9.17) is 10.00 Å². The number of halogens is 1. The summed E-state index contributed by atoms with van der Waals surface area (Å²) >= 11 is 0. The lowest BCUT2D eigenvalue weighted by atomic mass is 10.1. The highest BCUT2D eigenvalue weighted by Crippen LogP contribution is 2.21. The molecular weight excluding hydrogens is 219 g/mol. The van der Waals surface area contributed by atoms with Gasteiger partial charge >= 0.3 is 0 Å². The van der Waals surface area contributed by atoms with Crippen LogP contribution < -0.4 is 4.74 Å². The zero-order chi connectivity index (χ0) is 12.8. The molecule has 0 bridgehead atoms. The van der Waals surface area contributed by atoms with Gasteiger partial charge in [-0.25, -0.2) is 4.39 Å². The van der Waals surface area contributed by atoms with Crippen molar-refractivity contribution in [2.24, 2.45) is 0 Å². The van der Waals surface area contributed by atoms with Crippen LogP contribution in [0.5, 0.6) is 5.75 Å². The number of hydrogen-bond acceptors (Lipinski definition) is 3. The Morgan fingerprint density at radius 3 is 2.82 bits per heavy atom. The third kappa shape index (κ3) is 3.43. The molecule has 0 radical (unpaired) electrons. The maximum atomic E-state index is 13.9. The quantitative estimate of drug-likeness (QED) is 0.788. The van der Waals surface area contributed by atoms with E-state index < -0.39 is 0 Å². The molecule has 0 saturated carbocycles. The molecule has 1 atom stereocenters. The van der Waals surface area contributed by atoms with Gasteiger partial charge in [-0.2, -0.15) is 5.26 Å². The lowest BCUT2D eigenvalue weighted by Crippen LogP contribution is -2.28. The average Bonchev–Trinajstić information content (AvgIpc) is 2.32. The van der Waals surface area contributed by atoms with E-state index in [1.54, 1.807) is 18.2 Å². The number of ether oxygens (including phenoxy) is 1. The van der Waals surface area contributed by atoms with Gasteiger partial charge in [-0.15, -0.1) is 0 Å². The molecule has 1 unspecified atom stereocenters. The Bertz CT molecular complexity index is 414. The molecule has 0 aromatic heterocycles. The molecule has 0 heterocycles. The maximum Gasteiger partial charge on any atom is 0.169 e. The molecule has 0 amide bonds. The third-order valence-corrected chi connectivity index (χ3v) is 2.82. The van der Waals surface area contributed by atoms with Gasteiger partial charge in [0.15, 0.2) is 11.6 Å². The van der Waals surface area contributed by atoms with E-state index in [0.29, 0.717) is 18.5 Å². The highest BCUT2D eigenvalue weighted by molar-refractivity contribution is 5.30. The molecule has 1 aromatic rings. The minimum Gasteiger partial charge on any atom is -0.494 e. The third-order valence-electron chi connectivity index (χ3n) is 2.82. The van der Waals surface area contributed by atoms with Gasteiger partial charge < -0.3 is 4.74 Å². The number of nitrogens with zero attached hydrogens (tertiary/aromatic N) is 2. The summed E-state index contributed by atoms with van der Waals surface area (Å²) < 4.78 is 18.8. The highest BCUT2D eigenvalue weighted by Gasteiger charge is 2.13. The number of rotatable bonds is 5. The summed E-state index contributed by atoms with van der Waals surface area (Å²) in [5.74, 6) is -0.0742. The maximum absolute atomic E-state index is 13.9. The average molecular weight is 236 g/mol. The summed E-state index contributed by atoms with van der Waals surface area (Å²) in [6.45, 7) is 2.41. The summed E-state index contributed by atoms with van der Waals surface area (Å²) in [4.78, 5) is 1.95. The molecule has 1 aromatic carbocycles. The largest absolute Gasteiger partial charge is 0.494 e. The lowest BCUT2D eigenvalue weighted by Gasteiger charge is -2.23. The summed E-state index contributed by atoms with van der Waals surface area (Å²) in [5, 5.41) is 8.62. The SMILES string of the molecule is COc1cccc(CN(C)C(C)CC#N)c1F. The Morgan fingerprint density at radius 2 is 2.24 bits per heavy atom. The van der Waals surface area contributed by atoms with Crippen molar-refractivity contribution < 1.29 is 9.13 Å². The molecule has 92 valence electrons. The Balaban J connectivity index is 2.78. The van der Waals surface area contributed by atoms with Crippen molar-refractivity contribution in [3.05, 3.63) is 29.6 Å². The second-order valence-corrected chi connectivity index (χ2v) is 4.06. The number of nitriles is 1. The second-order valence-electron chi connectivity index (χ2n) is 4.06. The van der Waals surface area contributed by atoms with Gasteiger partial charge in [0.25, 0.3) is 0 Å². The topological polar surface area (TPSA) is 36.3 Å². The fraction of sp³-hybridized carbons (Fsp3) is 0.462. The van der Waals surface area contributed by atoms with Crippen molar-refractivity contribution in [1.29, 1.82) is 5.26 Å². The molecule has 0 aliphatic heterocycles. The first-order chi connectivity index (χ1) is 8.10. The molecular formula is C13H17FN2O. The van der Waals surface area contributed by atoms with Crippen LogP contribution in [0.15, 0.2) is 18.2 Å². The predicted molar refractivity (Wildman–Crippen MR) is 64.1 cm³/mol. The van der Waals surface area contributed by atoms with E-state index in [9.17, 15) is 4.39 Å². The van der Waals surface area contributed by atoms with E-state index in [1.165, 1.54) is 7.11 Å². The molecule has 0 spiro atoms. The fourth-order valence-corrected chi connectivity index (χ4v) is 1.55. The number of methoxy groups -OCH3 is 1. The van der Waals surface area contributed by atoms with Gasteiger partial charge in [0.1, 0.15) is 0 Å². The first kappa shape index (κ1) is 13.5. The molecule has 0 saturated heterocycles. The fourth-order valence-electron chi connectivity index (χ4n) is 1.55. The Morgan fingerprint density at radius 1 is 1.53 bits per heavy atom. The van der Waals surface area contributed by atoms with Crippen molar-refractivity contribution in [1.82, 2.24) is 4.90 Å². The van der Waals surface area contributed by atoms with E-state index >= 15 is 0 Å². The van der Waals surface area contributed by atoms with Crippen LogP contribution in [0.4, 0.5) is 4.39 Å². The molecule has 0 N–H and O–H groups in total. The monoisotopic (exact) mass is 236 g/mol. The van der Waals surface area contributed by atoms with Gasteiger partial charge in [-0.3, -0.25) is 4.90 Å². The first-order valence-electron chi connectivity index (χ1n) is 5.48. The summed E-state index contributed by atoms with van der Waals surface area (Å²) in [6, 6.07) is 7.30. The standard InChI is InChI=1S/C13H17FN2O/c1-10(7-8-15)16(2)9-11-5-4-6-12(17-3)13(11)14/h4-6,10H,7,9H2,1-3H3. The van der Waals surface area contributed by atoms with Gasteiger partial charge in [-0.1, -0.05) is 12.1 Å². The van der Waals surface area contributed by atoms with Crippen LogP contribution in [-0.2, 0) is 6.54 Å². The summed E-state index contributed by atoms with van der Waals surface area (Å²) in [7, 11) is 3.32. The molecule has 0 aliphatic rings. The summed E-state index contributed by atoms with van der Waals surface area (Å²) in [5.41, 5.74) is 0.580.